The number of carbonyl (C=O) groups excluding carboxylic acids is 1. The lowest BCUT2D eigenvalue weighted by Crippen LogP contribution is -2.38. The SMILES string of the molecule is O=C(Nc1ccc(-n2ccnn2)cc1)N1C[C@@H]2CCC[C@@]2(C(=O)O)C1. The Morgan fingerprint density at radius 3 is 2.72 bits per heavy atom. The molecule has 130 valence electrons. The molecule has 2 atom stereocenters. The van der Waals surface area contributed by atoms with Crippen molar-refractivity contribution in [2.24, 2.45) is 11.3 Å². The second kappa shape index (κ2) is 5.87. The van der Waals surface area contributed by atoms with Crippen molar-refractivity contribution in [1.29, 1.82) is 0 Å². The van der Waals surface area contributed by atoms with Gasteiger partial charge in [-0.15, -0.1) is 5.10 Å². The fourth-order valence-corrected chi connectivity index (χ4v) is 4.04. The molecule has 2 N–H and O–H groups in total. The van der Waals surface area contributed by atoms with Crippen LogP contribution in [-0.4, -0.2) is 50.1 Å². The van der Waals surface area contributed by atoms with Crippen molar-refractivity contribution < 1.29 is 14.7 Å². The molecule has 0 spiro atoms. The standard InChI is InChI=1S/C17H19N5O3/c23-15(24)17-7-1-2-12(17)10-21(11-17)16(25)19-13-3-5-14(6-4-13)22-9-8-18-20-22/h3-6,8-9,12H,1-2,7,10-11H2,(H,19,25)(H,23,24)/t12-,17+/m0/s1. The summed E-state index contributed by atoms with van der Waals surface area (Å²) in [6.45, 7) is 0.797. The number of aromatic nitrogens is 3. The van der Waals surface area contributed by atoms with Crippen LogP contribution < -0.4 is 5.32 Å². The number of nitrogens with zero attached hydrogens (tertiary/aromatic N) is 4. The van der Waals surface area contributed by atoms with Crippen LogP contribution >= 0.6 is 0 Å². The van der Waals surface area contributed by atoms with Crippen molar-refractivity contribution in [2.75, 3.05) is 18.4 Å². The molecule has 8 nitrogen and oxygen atoms in total. The minimum Gasteiger partial charge on any atom is -0.481 e. The molecule has 1 aromatic heterocycles. The van der Waals surface area contributed by atoms with Crippen LogP contribution in [0.2, 0.25) is 0 Å². The van der Waals surface area contributed by atoms with Crippen molar-refractivity contribution in [3.8, 4) is 5.69 Å². The fourth-order valence-electron chi connectivity index (χ4n) is 4.04. The van der Waals surface area contributed by atoms with Crippen molar-refractivity contribution in [3.63, 3.8) is 0 Å². The van der Waals surface area contributed by atoms with Gasteiger partial charge in [-0.25, -0.2) is 9.48 Å². The summed E-state index contributed by atoms with van der Waals surface area (Å²) in [5, 5.41) is 20.1. The number of carbonyl (C=O) groups is 2. The van der Waals surface area contributed by atoms with Gasteiger partial charge in [-0.3, -0.25) is 4.79 Å². The van der Waals surface area contributed by atoms with Crippen molar-refractivity contribution in [1.82, 2.24) is 19.9 Å². The number of rotatable bonds is 3. The molecule has 2 aliphatic rings. The zero-order valence-corrected chi connectivity index (χ0v) is 13.6. The van der Waals surface area contributed by atoms with Gasteiger partial charge in [0.25, 0.3) is 0 Å². The number of hydrogen-bond donors (Lipinski definition) is 2. The molecule has 4 rings (SSSR count). The van der Waals surface area contributed by atoms with Gasteiger partial charge in [0.1, 0.15) is 0 Å². The van der Waals surface area contributed by atoms with Crippen molar-refractivity contribution in [2.45, 2.75) is 19.3 Å². The van der Waals surface area contributed by atoms with Crippen LogP contribution in [0.25, 0.3) is 5.69 Å². The molecule has 8 heteroatoms. The molecule has 2 heterocycles. The largest absolute Gasteiger partial charge is 0.481 e. The van der Waals surface area contributed by atoms with Gasteiger partial charge < -0.3 is 15.3 Å². The third-order valence-corrected chi connectivity index (χ3v) is 5.39. The lowest BCUT2D eigenvalue weighted by atomic mass is 9.81. The highest BCUT2D eigenvalue weighted by molar-refractivity contribution is 5.90. The number of carboxylic acid groups (broad SMARTS) is 1. The third kappa shape index (κ3) is 2.63. The molecule has 0 unspecified atom stereocenters. The monoisotopic (exact) mass is 341 g/mol. The van der Waals surface area contributed by atoms with Gasteiger partial charge in [0.2, 0.25) is 0 Å². The molecule has 0 radical (unpaired) electrons. The third-order valence-electron chi connectivity index (χ3n) is 5.39. The second-order valence-corrected chi connectivity index (χ2v) is 6.76. The van der Waals surface area contributed by atoms with E-state index >= 15 is 0 Å². The Morgan fingerprint density at radius 2 is 2.08 bits per heavy atom. The normalized spacial score (nSPS) is 25.0. The van der Waals surface area contributed by atoms with Crippen LogP contribution in [-0.2, 0) is 4.79 Å². The highest BCUT2D eigenvalue weighted by atomic mass is 16.4. The smallest absolute Gasteiger partial charge is 0.321 e. The summed E-state index contributed by atoms with van der Waals surface area (Å²) in [5.41, 5.74) is 0.750. The number of hydrogen-bond acceptors (Lipinski definition) is 4. The van der Waals surface area contributed by atoms with Crippen LogP contribution in [0.1, 0.15) is 19.3 Å². The van der Waals surface area contributed by atoms with Crippen LogP contribution in [0.4, 0.5) is 10.5 Å². The maximum absolute atomic E-state index is 12.5. The highest BCUT2D eigenvalue weighted by Gasteiger charge is 2.55. The van der Waals surface area contributed by atoms with E-state index < -0.39 is 11.4 Å². The summed E-state index contributed by atoms with van der Waals surface area (Å²) in [6, 6.07) is 7.00. The molecule has 2 amide bonds. The maximum Gasteiger partial charge on any atom is 0.321 e. The molecule has 2 fully saturated rings. The zero-order valence-electron chi connectivity index (χ0n) is 13.6. The number of amides is 2. The Hall–Kier alpha value is -2.90. The van der Waals surface area contributed by atoms with E-state index in [1.165, 1.54) is 0 Å². The van der Waals surface area contributed by atoms with E-state index in [4.69, 9.17) is 0 Å². The fraction of sp³-hybridized carbons (Fsp3) is 0.412. The molecule has 1 aromatic carbocycles. The van der Waals surface area contributed by atoms with Crippen molar-refractivity contribution in [3.05, 3.63) is 36.7 Å². The summed E-state index contributed by atoms with van der Waals surface area (Å²) >= 11 is 0. The average molecular weight is 341 g/mol. The van der Waals surface area contributed by atoms with E-state index in [1.807, 2.05) is 12.1 Å². The lowest BCUT2D eigenvalue weighted by Gasteiger charge is -2.23. The predicted octanol–water partition coefficient (Wildman–Crippen LogP) is 1.99. The van der Waals surface area contributed by atoms with E-state index in [-0.39, 0.29) is 18.5 Å². The van der Waals surface area contributed by atoms with Crippen molar-refractivity contribution >= 4 is 17.7 Å². The second-order valence-electron chi connectivity index (χ2n) is 6.76. The number of urea groups is 1. The molecule has 25 heavy (non-hydrogen) atoms. The van der Waals surface area contributed by atoms with E-state index in [0.717, 1.165) is 18.5 Å². The zero-order chi connectivity index (χ0) is 17.4. The quantitative estimate of drug-likeness (QED) is 0.889. The van der Waals surface area contributed by atoms with Crippen LogP contribution in [0.15, 0.2) is 36.7 Å². The van der Waals surface area contributed by atoms with E-state index in [1.54, 1.807) is 34.1 Å². The summed E-state index contributed by atoms with van der Waals surface area (Å²) in [6.07, 6.45) is 5.79. The number of aliphatic carboxylic acids is 1. The number of anilines is 1. The minimum absolute atomic E-state index is 0.0606. The molecule has 1 aliphatic carbocycles. The number of nitrogens with one attached hydrogen (secondary N) is 1. The van der Waals surface area contributed by atoms with Gasteiger partial charge in [-0.05, 0) is 43.0 Å². The average Bonchev–Trinajstić information content (AvgIpc) is 3.31. The summed E-state index contributed by atoms with van der Waals surface area (Å²) in [5.74, 6) is -0.715. The number of carboxylic acids is 1. The molecular weight excluding hydrogens is 322 g/mol. The Morgan fingerprint density at radius 1 is 1.28 bits per heavy atom. The maximum atomic E-state index is 12.5. The highest BCUT2D eigenvalue weighted by Crippen LogP contribution is 2.48. The van der Waals surface area contributed by atoms with Gasteiger partial charge in [-0.1, -0.05) is 11.6 Å². The summed E-state index contributed by atoms with van der Waals surface area (Å²) < 4.78 is 1.63. The topological polar surface area (TPSA) is 100 Å². The predicted molar refractivity (Wildman–Crippen MR) is 89.4 cm³/mol. The van der Waals surface area contributed by atoms with E-state index in [9.17, 15) is 14.7 Å². The Bertz CT molecular complexity index is 789. The van der Waals surface area contributed by atoms with Gasteiger partial charge in [-0.2, -0.15) is 0 Å². The molecule has 1 aliphatic heterocycles. The Labute approximate surface area is 144 Å². The number of benzene rings is 1. The first kappa shape index (κ1) is 15.6. The first-order valence-corrected chi connectivity index (χ1v) is 8.34. The first-order chi connectivity index (χ1) is 12.1. The number of likely N-dealkylation sites (tertiary alicyclic amines) is 1. The summed E-state index contributed by atoms with van der Waals surface area (Å²) in [4.78, 5) is 25.9. The summed E-state index contributed by atoms with van der Waals surface area (Å²) in [7, 11) is 0. The van der Waals surface area contributed by atoms with Gasteiger partial charge >= 0.3 is 12.0 Å². The van der Waals surface area contributed by atoms with E-state index in [2.05, 4.69) is 15.6 Å². The molecule has 2 aromatic rings. The molecule has 1 saturated heterocycles. The van der Waals surface area contributed by atoms with Gasteiger partial charge in [0, 0.05) is 18.8 Å². The molecular formula is C17H19N5O3. The lowest BCUT2D eigenvalue weighted by molar-refractivity contribution is -0.149. The Balaban J connectivity index is 1.43. The van der Waals surface area contributed by atoms with Crippen LogP contribution in [0, 0.1) is 11.3 Å². The van der Waals surface area contributed by atoms with Gasteiger partial charge in [0.05, 0.1) is 23.5 Å². The number of fused-ring (bicyclic) bond motifs is 1. The van der Waals surface area contributed by atoms with Crippen LogP contribution in [0.5, 0.6) is 0 Å². The Kier molecular flexibility index (Phi) is 3.67. The molecule has 0 bridgehead atoms. The van der Waals surface area contributed by atoms with Gasteiger partial charge in [0.15, 0.2) is 0 Å². The van der Waals surface area contributed by atoms with E-state index in [0.29, 0.717) is 18.7 Å². The molecule has 1 saturated carbocycles. The van der Waals surface area contributed by atoms with Crippen LogP contribution in [0.3, 0.4) is 0 Å². The first-order valence-electron chi connectivity index (χ1n) is 8.34. The minimum atomic E-state index is -0.775.